The van der Waals surface area contributed by atoms with Crippen LogP contribution in [0.2, 0.25) is 0 Å². The highest BCUT2D eigenvalue weighted by molar-refractivity contribution is 6.25. The average Bonchev–Trinajstić information content (AvgIpc) is 1.91. The summed E-state index contributed by atoms with van der Waals surface area (Å²) in [4.78, 5) is 2.29. The monoisotopic (exact) mass is 147 g/mol. The van der Waals surface area contributed by atoms with Crippen LogP contribution in [0.25, 0.3) is 0 Å². The van der Waals surface area contributed by atoms with Gasteiger partial charge in [-0.3, -0.25) is 0 Å². The summed E-state index contributed by atoms with van der Waals surface area (Å²) in [5, 5.41) is 0. The smallest absolute Gasteiger partial charge is 0.0174 e. The fourth-order valence-electron chi connectivity index (χ4n) is 0.671. The van der Waals surface area contributed by atoms with E-state index in [0.29, 0.717) is 0 Å². The van der Waals surface area contributed by atoms with Crippen LogP contribution < -0.4 is 0 Å². The third-order valence-corrected chi connectivity index (χ3v) is 1.53. The van der Waals surface area contributed by atoms with Crippen LogP contribution in [0.1, 0.15) is 13.8 Å². The summed E-state index contributed by atoms with van der Waals surface area (Å²) in [5.74, 6) is 0. The molecule has 0 bridgehead atoms. The van der Waals surface area contributed by atoms with Gasteiger partial charge in [-0.25, -0.2) is 0 Å². The maximum absolute atomic E-state index is 5.35. The van der Waals surface area contributed by atoms with Crippen LogP contribution in [0.4, 0.5) is 0 Å². The first-order valence-corrected chi connectivity index (χ1v) is 3.76. The van der Waals surface area contributed by atoms with Gasteiger partial charge >= 0.3 is 0 Å². The zero-order chi connectivity index (χ0) is 7.11. The Labute approximate surface area is 62.3 Å². The van der Waals surface area contributed by atoms with Crippen LogP contribution in [0.5, 0.6) is 0 Å². The molecule has 0 aliphatic heterocycles. The maximum Gasteiger partial charge on any atom is 0.0174 e. The molecule has 0 aliphatic carbocycles. The second-order valence-electron chi connectivity index (χ2n) is 1.85. The molecule has 0 saturated carbocycles. The molecule has 0 aromatic heterocycles. The Morgan fingerprint density at radius 2 is 1.89 bits per heavy atom. The predicted octanol–water partition coefficient (Wildman–Crippen LogP) is 2.08. The van der Waals surface area contributed by atoms with Gasteiger partial charge in [-0.1, -0.05) is 31.5 Å². The lowest BCUT2D eigenvalue weighted by Crippen LogP contribution is -2.22. The minimum absolute atomic E-state index is 0.969. The largest absolute Gasteiger partial charge is 0.300 e. The lowest BCUT2D eigenvalue weighted by atomic mass is 10.5. The van der Waals surface area contributed by atoms with Gasteiger partial charge in [0.15, 0.2) is 0 Å². The van der Waals surface area contributed by atoms with Crippen LogP contribution in [0.3, 0.4) is 0 Å². The molecular formula is C7H14ClN. The standard InChI is InChI=1S/C7H14ClN/c1-3-9(4-2)7-5-6-8/h5-6H,3-4,7H2,1-2H3/b6-5-. The first kappa shape index (κ1) is 8.99. The van der Waals surface area contributed by atoms with E-state index >= 15 is 0 Å². The van der Waals surface area contributed by atoms with Crippen molar-refractivity contribution in [1.29, 1.82) is 0 Å². The summed E-state index contributed by atoms with van der Waals surface area (Å²) in [6.45, 7) is 7.45. The molecule has 9 heavy (non-hydrogen) atoms. The Balaban J connectivity index is 3.31. The Morgan fingerprint density at radius 1 is 1.33 bits per heavy atom. The molecule has 54 valence electrons. The molecule has 0 saturated heterocycles. The van der Waals surface area contributed by atoms with Crippen LogP contribution in [-0.2, 0) is 0 Å². The fourth-order valence-corrected chi connectivity index (χ4v) is 0.750. The van der Waals surface area contributed by atoms with Gasteiger partial charge in [0.2, 0.25) is 0 Å². The number of nitrogens with zero attached hydrogens (tertiary/aromatic N) is 1. The summed E-state index contributed by atoms with van der Waals surface area (Å²) in [5.41, 5.74) is 1.57. The van der Waals surface area contributed by atoms with Crippen LogP contribution in [0, 0.1) is 0 Å². The number of halogens is 1. The predicted molar refractivity (Wildman–Crippen MR) is 42.8 cm³/mol. The summed E-state index contributed by atoms with van der Waals surface area (Å²) < 4.78 is 0. The third-order valence-electron chi connectivity index (χ3n) is 1.35. The second-order valence-corrected chi connectivity index (χ2v) is 2.10. The molecule has 0 aliphatic rings. The normalized spacial score (nSPS) is 11.6. The van der Waals surface area contributed by atoms with Crippen molar-refractivity contribution in [3.63, 3.8) is 0 Å². The van der Waals surface area contributed by atoms with E-state index in [1.165, 1.54) is 0 Å². The van der Waals surface area contributed by atoms with Crippen molar-refractivity contribution in [1.82, 2.24) is 4.90 Å². The molecule has 1 nitrogen and oxygen atoms in total. The SMILES string of the molecule is CCN(CC)C/C=C\Cl. The van der Waals surface area contributed by atoms with Crippen molar-refractivity contribution in [2.45, 2.75) is 13.8 Å². The van der Waals surface area contributed by atoms with Gasteiger partial charge < -0.3 is 4.90 Å². The molecule has 0 N–H and O–H groups in total. The highest BCUT2D eigenvalue weighted by Gasteiger charge is 1.91. The van der Waals surface area contributed by atoms with Gasteiger partial charge in [0.25, 0.3) is 0 Å². The van der Waals surface area contributed by atoms with Gasteiger partial charge in [-0.05, 0) is 13.1 Å². The van der Waals surface area contributed by atoms with Crippen LogP contribution in [-0.4, -0.2) is 24.5 Å². The van der Waals surface area contributed by atoms with Crippen molar-refractivity contribution in [2.24, 2.45) is 0 Å². The Hall–Kier alpha value is -0.0100. The van der Waals surface area contributed by atoms with Crippen molar-refractivity contribution >= 4 is 11.6 Å². The minimum atomic E-state index is 0.969. The number of rotatable bonds is 4. The topological polar surface area (TPSA) is 3.24 Å². The molecule has 0 spiro atoms. The van der Waals surface area contributed by atoms with Crippen molar-refractivity contribution in [3.05, 3.63) is 11.6 Å². The Bertz CT molecular complexity index is 77.0. The van der Waals surface area contributed by atoms with Gasteiger partial charge in [0.05, 0.1) is 0 Å². The van der Waals surface area contributed by atoms with Crippen LogP contribution >= 0.6 is 11.6 Å². The second kappa shape index (κ2) is 6.12. The van der Waals surface area contributed by atoms with E-state index in [0.717, 1.165) is 19.6 Å². The highest BCUT2D eigenvalue weighted by atomic mass is 35.5. The van der Waals surface area contributed by atoms with E-state index in [1.807, 2.05) is 6.08 Å². The van der Waals surface area contributed by atoms with Gasteiger partial charge in [-0.15, -0.1) is 0 Å². The van der Waals surface area contributed by atoms with E-state index in [9.17, 15) is 0 Å². The third kappa shape index (κ3) is 4.49. The highest BCUT2D eigenvalue weighted by Crippen LogP contribution is 1.87. The van der Waals surface area contributed by atoms with E-state index < -0.39 is 0 Å². The van der Waals surface area contributed by atoms with E-state index in [4.69, 9.17) is 11.6 Å². The zero-order valence-electron chi connectivity index (χ0n) is 6.10. The van der Waals surface area contributed by atoms with Gasteiger partial charge in [-0.2, -0.15) is 0 Å². The molecule has 0 atom stereocenters. The molecule has 0 fully saturated rings. The quantitative estimate of drug-likeness (QED) is 0.589. The molecular weight excluding hydrogens is 134 g/mol. The van der Waals surface area contributed by atoms with Gasteiger partial charge in [0, 0.05) is 12.1 Å². The zero-order valence-corrected chi connectivity index (χ0v) is 6.86. The van der Waals surface area contributed by atoms with E-state index in [-0.39, 0.29) is 0 Å². The minimum Gasteiger partial charge on any atom is -0.300 e. The lowest BCUT2D eigenvalue weighted by molar-refractivity contribution is 0.337. The summed E-state index contributed by atoms with van der Waals surface area (Å²) in [7, 11) is 0. The molecule has 0 aromatic rings. The van der Waals surface area contributed by atoms with E-state index in [1.54, 1.807) is 5.54 Å². The molecule has 0 rings (SSSR count). The molecule has 0 heterocycles. The average molecular weight is 148 g/mol. The molecule has 2 heteroatoms. The van der Waals surface area contributed by atoms with Gasteiger partial charge in [0.1, 0.15) is 0 Å². The molecule has 0 unspecified atom stereocenters. The molecule has 0 amide bonds. The summed E-state index contributed by atoms with van der Waals surface area (Å²) >= 11 is 5.35. The fraction of sp³-hybridized carbons (Fsp3) is 0.714. The van der Waals surface area contributed by atoms with Crippen molar-refractivity contribution in [3.8, 4) is 0 Å². The van der Waals surface area contributed by atoms with Crippen LogP contribution in [0.15, 0.2) is 11.6 Å². The number of likely N-dealkylation sites (N-methyl/N-ethyl adjacent to an activating group) is 1. The summed E-state index contributed by atoms with van der Waals surface area (Å²) in [6.07, 6.45) is 1.95. The Kier molecular flexibility index (Phi) is 6.11. The maximum atomic E-state index is 5.35. The number of hydrogen-bond acceptors (Lipinski definition) is 1. The van der Waals surface area contributed by atoms with E-state index in [2.05, 4.69) is 18.7 Å². The first-order valence-electron chi connectivity index (χ1n) is 3.32. The summed E-state index contributed by atoms with van der Waals surface area (Å²) in [6, 6.07) is 0. The first-order chi connectivity index (χ1) is 4.35. The Morgan fingerprint density at radius 3 is 2.22 bits per heavy atom. The van der Waals surface area contributed by atoms with Crippen molar-refractivity contribution < 1.29 is 0 Å². The number of hydrogen-bond donors (Lipinski definition) is 0. The lowest BCUT2D eigenvalue weighted by Gasteiger charge is -2.14. The van der Waals surface area contributed by atoms with Crippen molar-refractivity contribution in [2.75, 3.05) is 19.6 Å². The molecule has 0 aromatic carbocycles. The molecule has 0 radical (unpaired) electrons.